The van der Waals surface area contributed by atoms with Crippen molar-refractivity contribution in [3.63, 3.8) is 0 Å². The standard InChI is InChI=1S/2C3H7.CH3.H3O3P.2Y/c2*1-3-2;;1-4(2)3;;/h2*1,3H2,2H3;1H3;4H,(H2,1,2,3);;/q3*-1;;;. The average molecular weight is 361 g/mol. The predicted octanol–water partition coefficient (Wildman–Crippen LogP) is 2.27. The number of rotatable bonds is 0. The monoisotopic (exact) mass is 361 g/mol. The summed E-state index contributed by atoms with van der Waals surface area (Å²) in [4.78, 5) is 14.3. The molecule has 0 aliphatic heterocycles. The molecule has 0 fully saturated rings. The summed E-state index contributed by atoms with van der Waals surface area (Å²) in [6, 6.07) is 0. The van der Waals surface area contributed by atoms with Gasteiger partial charge in [0.2, 0.25) is 0 Å². The summed E-state index contributed by atoms with van der Waals surface area (Å²) in [5.41, 5.74) is 0. The summed E-state index contributed by atoms with van der Waals surface area (Å²) >= 11 is 0. The molecule has 0 aliphatic carbocycles. The maximum atomic E-state index is 8.74. The maximum Gasteiger partial charge on any atom is 0.314 e. The van der Waals surface area contributed by atoms with Crippen molar-refractivity contribution in [3.05, 3.63) is 21.3 Å². The van der Waals surface area contributed by atoms with E-state index in [1.54, 1.807) is 0 Å². The normalized spacial score (nSPS) is 5.46. The Morgan fingerprint density at radius 3 is 1.08 bits per heavy atom. The minimum Gasteiger partial charge on any atom is -0.358 e. The Morgan fingerprint density at radius 2 is 1.08 bits per heavy atom. The first-order valence-corrected chi connectivity index (χ1v) is 4.37. The summed E-state index contributed by atoms with van der Waals surface area (Å²) in [7, 11) is -3.13. The van der Waals surface area contributed by atoms with Crippen molar-refractivity contribution >= 4 is 8.25 Å². The van der Waals surface area contributed by atoms with Crippen LogP contribution in [0.4, 0.5) is 0 Å². The topological polar surface area (TPSA) is 57.5 Å². The van der Waals surface area contributed by atoms with Gasteiger partial charge in [-0.25, -0.2) is 0 Å². The van der Waals surface area contributed by atoms with Gasteiger partial charge in [-0.1, -0.05) is 13.8 Å². The first-order valence-electron chi connectivity index (χ1n) is 3.07. The Morgan fingerprint density at radius 1 is 1.08 bits per heavy atom. The molecule has 0 saturated carbocycles. The van der Waals surface area contributed by atoms with Crippen LogP contribution in [0.5, 0.6) is 0 Å². The fourth-order valence-corrected chi connectivity index (χ4v) is 0. The van der Waals surface area contributed by atoms with Crippen molar-refractivity contribution in [1.82, 2.24) is 0 Å². The summed E-state index contributed by atoms with van der Waals surface area (Å²) in [6.45, 7) is 11.0. The van der Waals surface area contributed by atoms with Crippen LogP contribution in [0.2, 0.25) is 0 Å². The van der Waals surface area contributed by atoms with Crippen molar-refractivity contribution < 1.29 is 79.8 Å². The van der Waals surface area contributed by atoms with Gasteiger partial charge < -0.3 is 31.1 Å². The van der Waals surface area contributed by atoms with Gasteiger partial charge in [-0.05, 0) is 0 Å². The van der Waals surface area contributed by atoms with E-state index >= 15 is 0 Å². The van der Waals surface area contributed by atoms with Crippen LogP contribution in [0.15, 0.2) is 0 Å². The van der Waals surface area contributed by atoms with E-state index in [2.05, 4.69) is 13.8 Å². The molecule has 0 aromatic rings. The van der Waals surface area contributed by atoms with Gasteiger partial charge in [0.25, 0.3) is 0 Å². The molecular formula is C7H20O3PY2-3. The van der Waals surface area contributed by atoms with Crippen LogP contribution >= 0.6 is 8.25 Å². The predicted molar refractivity (Wildman–Crippen MR) is 51.1 cm³/mol. The third-order valence-corrected chi connectivity index (χ3v) is 0. The molecule has 0 saturated heterocycles. The van der Waals surface area contributed by atoms with Gasteiger partial charge in [-0.15, -0.1) is 0 Å². The minimum atomic E-state index is -3.13. The summed E-state index contributed by atoms with van der Waals surface area (Å²) in [5, 5.41) is 0. The molecule has 6 heteroatoms. The van der Waals surface area contributed by atoms with Crippen LogP contribution in [0.3, 0.4) is 0 Å². The van der Waals surface area contributed by atoms with Crippen molar-refractivity contribution in [3.8, 4) is 0 Å². The van der Waals surface area contributed by atoms with Crippen LogP contribution in [0.1, 0.15) is 26.7 Å². The molecule has 0 aromatic heterocycles. The molecule has 0 amide bonds. The fourth-order valence-electron chi connectivity index (χ4n) is 0. The minimum absolute atomic E-state index is 0. The largest absolute Gasteiger partial charge is 0.358 e. The third kappa shape index (κ3) is 394. The van der Waals surface area contributed by atoms with Crippen LogP contribution < -0.4 is 0 Å². The zero-order valence-corrected chi connectivity index (χ0v) is 15.5. The Balaban J connectivity index is -0.0000000128. The zero-order valence-electron chi connectivity index (χ0n) is 8.79. The second-order valence-corrected chi connectivity index (χ2v) is 1.85. The van der Waals surface area contributed by atoms with Crippen molar-refractivity contribution in [2.45, 2.75) is 26.7 Å². The quantitative estimate of drug-likeness (QED) is 0.514. The maximum absolute atomic E-state index is 8.74. The second-order valence-electron chi connectivity index (χ2n) is 1.28. The van der Waals surface area contributed by atoms with Crippen LogP contribution in [-0.2, 0) is 70.0 Å². The van der Waals surface area contributed by atoms with Gasteiger partial charge in [-0.2, -0.15) is 12.8 Å². The van der Waals surface area contributed by atoms with E-state index in [4.69, 9.17) is 14.4 Å². The third-order valence-electron chi connectivity index (χ3n) is 0. The van der Waals surface area contributed by atoms with Crippen molar-refractivity contribution in [1.29, 1.82) is 0 Å². The Labute approximate surface area is 134 Å². The molecule has 0 aromatic carbocycles. The van der Waals surface area contributed by atoms with Gasteiger partial charge in [-0.3, -0.25) is 4.57 Å². The first-order chi connectivity index (χ1) is 4.56. The van der Waals surface area contributed by atoms with Crippen LogP contribution in [0.25, 0.3) is 0 Å². The smallest absolute Gasteiger partial charge is 0.314 e. The van der Waals surface area contributed by atoms with Gasteiger partial charge >= 0.3 is 8.25 Å². The van der Waals surface area contributed by atoms with Gasteiger partial charge in [0.05, 0.1) is 0 Å². The van der Waals surface area contributed by atoms with Gasteiger partial charge in [0, 0.05) is 65.4 Å². The van der Waals surface area contributed by atoms with E-state index in [-0.39, 0.29) is 72.8 Å². The molecule has 13 heavy (non-hydrogen) atoms. The number of hydrogen-bond acceptors (Lipinski definition) is 1. The molecule has 80 valence electrons. The molecule has 0 spiro atoms. The summed E-state index contributed by atoms with van der Waals surface area (Å²) < 4.78 is 8.74. The van der Waals surface area contributed by atoms with E-state index in [1.807, 2.05) is 13.8 Å². The Hall–Kier alpha value is 2.36. The molecule has 0 rings (SSSR count). The second kappa shape index (κ2) is 47.3. The SMILES string of the molecule is O=[PH](O)O.[CH2-]CC.[CH2-]CC.[CH3-].[Y].[Y]. The molecule has 0 atom stereocenters. The van der Waals surface area contributed by atoms with Crippen molar-refractivity contribution in [2.24, 2.45) is 0 Å². The first kappa shape index (κ1) is 36.2. The number of hydrogen-bond donors (Lipinski definition) is 2. The zero-order chi connectivity index (χ0) is 8.99. The van der Waals surface area contributed by atoms with E-state index in [0.717, 1.165) is 12.8 Å². The molecule has 3 nitrogen and oxygen atoms in total. The molecule has 0 heterocycles. The van der Waals surface area contributed by atoms with E-state index in [9.17, 15) is 0 Å². The van der Waals surface area contributed by atoms with E-state index in [1.165, 1.54) is 0 Å². The molecule has 0 bridgehead atoms. The molecule has 0 aliphatic rings. The van der Waals surface area contributed by atoms with Crippen molar-refractivity contribution in [2.75, 3.05) is 0 Å². The van der Waals surface area contributed by atoms with Gasteiger partial charge in [0.15, 0.2) is 0 Å². The summed E-state index contributed by atoms with van der Waals surface area (Å²) in [6.07, 6.45) is 2.00. The summed E-state index contributed by atoms with van der Waals surface area (Å²) in [5.74, 6) is 0. The Bertz CT molecular complexity index is 59.7. The average Bonchev–Trinajstić information content (AvgIpc) is 1.65. The van der Waals surface area contributed by atoms with Crippen LogP contribution in [0, 0.1) is 21.3 Å². The molecule has 0 unspecified atom stereocenters. The molecule has 2 N–H and O–H groups in total. The van der Waals surface area contributed by atoms with E-state index < -0.39 is 8.25 Å². The molecule has 2 radical (unpaired) electrons. The van der Waals surface area contributed by atoms with Crippen LogP contribution in [-0.4, -0.2) is 9.79 Å². The molecular weight excluding hydrogens is 341 g/mol. The van der Waals surface area contributed by atoms with Gasteiger partial charge in [0.1, 0.15) is 0 Å². The Kier molecular flexibility index (Phi) is 132. The fraction of sp³-hybridized carbons (Fsp3) is 0.571. The van der Waals surface area contributed by atoms with E-state index in [0.29, 0.717) is 0 Å².